The molecule has 1 heterocycles. The van der Waals surface area contributed by atoms with Gasteiger partial charge < -0.3 is 10.6 Å². The van der Waals surface area contributed by atoms with Crippen LogP contribution in [0.25, 0.3) is 0 Å². The van der Waals surface area contributed by atoms with Crippen molar-refractivity contribution >= 4 is 11.7 Å². The number of nitrogens with one attached hydrogen (secondary N) is 2. The van der Waals surface area contributed by atoms with E-state index in [1.165, 1.54) is 0 Å². The Labute approximate surface area is 109 Å². The molecule has 0 unspecified atom stereocenters. The number of aryl methyl sites for hydroxylation is 1. The topological polar surface area (TPSA) is 54.0 Å². The maximum absolute atomic E-state index is 12.1. The van der Waals surface area contributed by atoms with Crippen LogP contribution in [0.15, 0.2) is 12.1 Å². The zero-order valence-electron chi connectivity index (χ0n) is 11.7. The molecule has 0 saturated carbocycles. The summed E-state index contributed by atoms with van der Waals surface area (Å²) in [6.45, 7) is 6.19. The SMILES string of the molecule is CCc1cc(C(=O)NC(CC)CC)cc(NC)n1. The Kier molecular flexibility index (Phi) is 5.62. The van der Waals surface area contributed by atoms with E-state index >= 15 is 0 Å². The van der Waals surface area contributed by atoms with E-state index in [2.05, 4.69) is 29.5 Å². The summed E-state index contributed by atoms with van der Waals surface area (Å²) >= 11 is 0. The monoisotopic (exact) mass is 249 g/mol. The molecule has 1 amide bonds. The average Bonchev–Trinajstić information content (AvgIpc) is 2.43. The van der Waals surface area contributed by atoms with Crippen molar-refractivity contribution in [1.29, 1.82) is 0 Å². The van der Waals surface area contributed by atoms with Crippen LogP contribution in [0.2, 0.25) is 0 Å². The molecule has 0 aliphatic rings. The summed E-state index contributed by atoms with van der Waals surface area (Å²) in [4.78, 5) is 16.5. The Balaban J connectivity index is 2.90. The van der Waals surface area contributed by atoms with Crippen LogP contribution >= 0.6 is 0 Å². The van der Waals surface area contributed by atoms with Gasteiger partial charge in [-0.25, -0.2) is 4.98 Å². The van der Waals surface area contributed by atoms with Crippen LogP contribution in [-0.4, -0.2) is 24.0 Å². The standard InChI is InChI=1S/C14H23N3O/c1-5-11(6-2)17-14(18)10-8-12(7-3)16-13(9-10)15-4/h8-9,11H,5-7H2,1-4H3,(H,15,16)(H,17,18). The van der Waals surface area contributed by atoms with Crippen LogP contribution in [-0.2, 0) is 6.42 Å². The molecular weight excluding hydrogens is 226 g/mol. The summed E-state index contributed by atoms with van der Waals surface area (Å²) in [5.41, 5.74) is 1.61. The van der Waals surface area contributed by atoms with Crippen LogP contribution in [0, 0.1) is 0 Å². The van der Waals surface area contributed by atoms with E-state index in [1.807, 2.05) is 20.0 Å². The Morgan fingerprint density at radius 1 is 1.28 bits per heavy atom. The predicted molar refractivity (Wildman–Crippen MR) is 75.0 cm³/mol. The van der Waals surface area contributed by atoms with Crippen LogP contribution in [0.1, 0.15) is 49.7 Å². The van der Waals surface area contributed by atoms with Crippen molar-refractivity contribution in [3.63, 3.8) is 0 Å². The first-order valence-corrected chi connectivity index (χ1v) is 6.64. The highest BCUT2D eigenvalue weighted by atomic mass is 16.1. The molecule has 4 heteroatoms. The molecule has 4 nitrogen and oxygen atoms in total. The Bertz CT molecular complexity index is 378. The Morgan fingerprint density at radius 2 is 1.94 bits per heavy atom. The highest BCUT2D eigenvalue weighted by Crippen LogP contribution is 2.11. The van der Waals surface area contributed by atoms with Gasteiger partial charge in [0.2, 0.25) is 0 Å². The zero-order chi connectivity index (χ0) is 13.5. The number of amides is 1. The molecule has 2 N–H and O–H groups in total. The van der Waals surface area contributed by atoms with Gasteiger partial charge in [0.1, 0.15) is 5.82 Å². The number of hydrogen-bond donors (Lipinski definition) is 2. The van der Waals surface area contributed by atoms with Crippen molar-refractivity contribution < 1.29 is 4.79 Å². The molecule has 0 aromatic carbocycles. The van der Waals surface area contributed by atoms with Gasteiger partial charge in [0.15, 0.2) is 0 Å². The van der Waals surface area contributed by atoms with E-state index in [4.69, 9.17) is 0 Å². The number of pyridine rings is 1. The second-order valence-corrected chi connectivity index (χ2v) is 4.32. The number of carbonyl (C=O) groups excluding carboxylic acids is 1. The number of rotatable bonds is 6. The minimum Gasteiger partial charge on any atom is -0.373 e. The zero-order valence-corrected chi connectivity index (χ0v) is 11.7. The molecule has 18 heavy (non-hydrogen) atoms. The summed E-state index contributed by atoms with van der Waals surface area (Å²) in [7, 11) is 1.81. The molecule has 0 spiro atoms. The van der Waals surface area contributed by atoms with Crippen LogP contribution < -0.4 is 10.6 Å². The number of hydrogen-bond acceptors (Lipinski definition) is 3. The average molecular weight is 249 g/mol. The lowest BCUT2D eigenvalue weighted by atomic mass is 10.1. The largest absolute Gasteiger partial charge is 0.373 e. The second-order valence-electron chi connectivity index (χ2n) is 4.32. The van der Waals surface area contributed by atoms with Gasteiger partial charge >= 0.3 is 0 Å². The third-order valence-corrected chi connectivity index (χ3v) is 3.08. The van der Waals surface area contributed by atoms with Crippen molar-refractivity contribution in [1.82, 2.24) is 10.3 Å². The van der Waals surface area contributed by atoms with E-state index in [0.29, 0.717) is 5.56 Å². The molecule has 0 atom stereocenters. The van der Waals surface area contributed by atoms with E-state index in [9.17, 15) is 4.79 Å². The summed E-state index contributed by atoms with van der Waals surface area (Å²) in [5.74, 6) is 0.723. The third kappa shape index (κ3) is 3.72. The highest BCUT2D eigenvalue weighted by Gasteiger charge is 2.12. The number of aromatic nitrogens is 1. The Hall–Kier alpha value is -1.58. The predicted octanol–water partition coefficient (Wildman–Crippen LogP) is 2.60. The lowest BCUT2D eigenvalue weighted by molar-refractivity contribution is 0.0934. The second kappa shape index (κ2) is 6.99. The van der Waals surface area contributed by atoms with Crippen LogP contribution in [0.4, 0.5) is 5.82 Å². The number of nitrogens with zero attached hydrogens (tertiary/aromatic N) is 1. The van der Waals surface area contributed by atoms with E-state index in [0.717, 1.165) is 30.8 Å². The van der Waals surface area contributed by atoms with Crippen LogP contribution in [0.3, 0.4) is 0 Å². The molecule has 0 saturated heterocycles. The van der Waals surface area contributed by atoms with Crippen LogP contribution in [0.5, 0.6) is 0 Å². The van der Waals surface area contributed by atoms with Gasteiger partial charge in [-0.2, -0.15) is 0 Å². The van der Waals surface area contributed by atoms with Gasteiger partial charge in [0.05, 0.1) is 0 Å². The highest BCUT2D eigenvalue weighted by molar-refractivity contribution is 5.95. The molecule has 1 aromatic rings. The fourth-order valence-electron chi connectivity index (χ4n) is 1.79. The Morgan fingerprint density at radius 3 is 2.44 bits per heavy atom. The first-order valence-electron chi connectivity index (χ1n) is 6.64. The van der Waals surface area contributed by atoms with Crippen molar-refractivity contribution in [2.75, 3.05) is 12.4 Å². The van der Waals surface area contributed by atoms with E-state index in [-0.39, 0.29) is 11.9 Å². The van der Waals surface area contributed by atoms with Gasteiger partial charge in [-0.1, -0.05) is 20.8 Å². The van der Waals surface area contributed by atoms with Gasteiger partial charge in [-0.3, -0.25) is 4.79 Å². The summed E-state index contributed by atoms with van der Waals surface area (Å²) < 4.78 is 0. The summed E-state index contributed by atoms with van der Waals surface area (Å²) in [5, 5.41) is 6.03. The number of carbonyl (C=O) groups is 1. The molecule has 0 aliphatic heterocycles. The minimum atomic E-state index is -0.0164. The molecular formula is C14H23N3O. The molecule has 1 rings (SSSR count). The molecule has 0 bridgehead atoms. The number of anilines is 1. The fraction of sp³-hybridized carbons (Fsp3) is 0.571. The van der Waals surface area contributed by atoms with Gasteiger partial charge in [-0.05, 0) is 31.4 Å². The van der Waals surface area contributed by atoms with Gasteiger partial charge in [0.25, 0.3) is 5.91 Å². The van der Waals surface area contributed by atoms with Crippen molar-refractivity contribution in [3.8, 4) is 0 Å². The van der Waals surface area contributed by atoms with Crippen molar-refractivity contribution in [2.24, 2.45) is 0 Å². The lowest BCUT2D eigenvalue weighted by Crippen LogP contribution is -2.33. The van der Waals surface area contributed by atoms with Gasteiger partial charge in [-0.15, -0.1) is 0 Å². The van der Waals surface area contributed by atoms with Crippen molar-refractivity contribution in [3.05, 3.63) is 23.4 Å². The molecule has 1 aromatic heterocycles. The maximum Gasteiger partial charge on any atom is 0.251 e. The third-order valence-electron chi connectivity index (χ3n) is 3.08. The fourth-order valence-corrected chi connectivity index (χ4v) is 1.79. The first-order chi connectivity index (χ1) is 8.64. The normalized spacial score (nSPS) is 10.5. The molecule has 100 valence electrons. The summed E-state index contributed by atoms with van der Waals surface area (Å²) in [6, 6.07) is 3.89. The van der Waals surface area contributed by atoms with E-state index < -0.39 is 0 Å². The minimum absolute atomic E-state index is 0.0164. The van der Waals surface area contributed by atoms with Crippen molar-refractivity contribution in [2.45, 2.75) is 46.1 Å². The quantitative estimate of drug-likeness (QED) is 0.815. The lowest BCUT2D eigenvalue weighted by Gasteiger charge is -2.15. The van der Waals surface area contributed by atoms with Gasteiger partial charge in [0, 0.05) is 24.3 Å². The smallest absolute Gasteiger partial charge is 0.251 e. The van der Waals surface area contributed by atoms with E-state index in [1.54, 1.807) is 6.07 Å². The molecule has 0 fully saturated rings. The summed E-state index contributed by atoms with van der Waals surface area (Å²) in [6.07, 6.45) is 2.72. The maximum atomic E-state index is 12.1. The first kappa shape index (κ1) is 14.5. The molecule has 0 radical (unpaired) electrons. The molecule has 0 aliphatic carbocycles.